The first-order valence-corrected chi connectivity index (χ1v) is 3.77. The van der Waals surface area contributed by atoms with E-state index in [1.807, 2.05) is 13.8 Å². The van der Waals surface area contributed by atoms with E-state index in [0.717, 1.165) is 23.3 Å². The van der Waals surface area contributed by atoms with Crippen molar-refractivity contribution in [2.75, 3.05) is 7.05 Å². The van der Waals surface area contributed by atoms with Gasteiger partial charge in [0.25, 0.3) is 0 Å². The maximum atomic E-state index is 5.34. The predicted octanol–water partition coefficient (Wildman–Crippen LogP) is 2.44. The monoisotopic (exact) mass is 149 g/mol. The molecule has 0 aliphatic rings. The van der Waals surface area contributed by atoms with Gasteiger partial charge < -0.3 is 0 Å². The molecule has 0 rings (SSSR count). The molecule has 1 nitrogen and oxygen atoms in total. The van der Waals surface area contributed by atoms with Crippen LogP contribution < -0.4 is 0 Å². The molecule has 0 aliphatic heterocycles. The first-order chi connectivity index (χ1) is 5.17. The zero-order valence-electron chi connectivity index (χ0n) is 7.73. The predicted molar refractivity (Wildman–Crippen MR) is 50.9 cm³/mol. The third kappa shape index (κ3) is 2.59. The average Bonchev–Trinajstić information content (AvgIpc) is 1.99. The van der Waals surface area contributed by atoms with Gasteiger partial charge in [0.05, 0.1) is 0 Å². The molecule has 0 bridgehead atoms. The molecule has 1 heteroatoms. The summed E-state index contributed by atoms with van der Waals surface area (Å²) in [6.45, 7) is 6.08. The van der Waals surface area contributed by atoms with Crippen LogP contribution in [0.4, 0.5) is 0 Å². The van der Waals surface area contributed by atoms with Crippen molar-refractivity contribution in [3.05, 3.63) is 11.1 Å². The number of rotatable bonds is 2. The summed E-state index contributed by atoms with van der Waals surface area (Å²) in [7, 11) is 1.78. The standard InChI is InChI=1S/C10H15N/c1-6-9(8(3)4)10(7-2)11-5/h1H,7H2,2-5H3/b11-10-. The van der Waals surface area contributed by atoms with Crippen molar-refractivity contribution in [3.8, 4) is 12.3 Å². The summed E-state index contributed by atoms with van der Waals surface area (Å²) < 4.78 is 0. The van der Waals surface area contributed by atoms with Gasteiger partial charge in [0.1, 0.15) is 0 Å². The Hall–Kier alpha value is -1.03. The van der Waals surface area contributed by atoms with Gasteiger partial charge >= 0.3 is 0 Å². The summed E-state index contributed by atoms with van der Waals surface area (Å²) in [5.74, 6) is 2.65. The maximum absolute atomic E-state index is 5.34. The fraction of sp³-hybridized carbons (Fsp3) is 0.500. The zero-order valence-corrected chi connectivity index (χ0v) is 7.73. The molecule has 0 saturated carbocycles. The SMILES string of the molecule is C#CC(=C(C)C)/C(CC)=N\C. The van der Waals surface area contributed by atoms with Crippen LogP contribution in [0.25, 0.3) is 0 Å². The molecule has 0 spiro atoms. The Labute approximate surface area is 69.2 Å². The van der Waals surface area contributed by atoms with Gasteiger partial charge in [0.15, 0.2) is 0 Å². The summed E-state index contributed by atoms with van der Waals surface area (Å²) in [4.78, 5) is 4.12. The fourth-order valence-electron chi connectivity index (χ4n) is 0.963. The minimum Gasteiger partial charge on any atom is -0.292 e. The molecule has 0 atom stereocenters. The molecule has 0 unspecified atom stereocenters. The second-order valence-corrected chi connectivity index (χ2v) is 2.54. The molecule has 11 heavy (non-hydrogen) atoms. The Balaban J connectivity index is 4.84. The van der Waals surface area contributed by atoms with Crippen LogP contribution in [0.5, 0.6) is 0 Å². The van der Waals surface area contributed by atoms with Crippen LogP contribution in [0.15, 0.2) is 16.1 Å². The Morgan fingerprint density at radius 2 is 2.00 bits per heavy atom. The number of aliphatic imine (C=N–C) groups is 1. The highest BCUT2D eigenvalue weighted by atomic mass is 14.7. The molecule has 0 fully saturated rings. The molecule has 0 amide bonds. The largest absolute Gasteiger partial charge is 0.292 e. The van der Waals surface area contributed by atoms with Gasteiger partial charge in [-0.15, -0.1) is 6.42 Å². The minimum atomic E-state index is 0.904. The topological polar surface area (TPSA) is 12.4 Å². The summed E-state index contributed by atoms with van der Waals surface area (Å²) in [5.41, 5.74) is 3.14. The van der Waals surface area contributed by atoms with Gasteiger partial charge in [0.2, 0.25) is 0 Å². The van der Waals surface area contributed by atoms with Crippen molar-refractivity contribution in [1.29, 1.82) is 0 Å². The van der Waals surface area contributed by atoms with Crippen LogP contribution in [-0.4, -0.2) is 12.8 Å². The molecule has 0 N–H and O–H groups in total. The van der Waals surface area contributed by atoms with Crippen molar-refractivity contribution in [3.63, 3.8) is 0 Å². The first kappa shape index (κ1) is 9.97. The van der Waals surface area contributed by atoms with E-state index in [9.17, 15) is 0 Å². The maximum Gasteiger partial charge on any atom is 0.0497 e. The van der Waals surface area contributed by atoms with E-state index in [2.05, 4.69) is 17.8 Å². The van der Waals surface area contributed by atoms with E-state index in [-0.39, 0.29) is 0 Å². The molecular formula is C10H15N. The number of hydrogen-bond acceptors (Lipinski definition) is 1. The van der Waals surface area contributed by atoms with Gasteiger partial charge in [-0.3, -0.25) is 4.99 Å². The van der Waals surface area contributed by atoms with E-state index in [1.54, 1.807) is 7.05 Å². The van der Waals surface area contributed by atoms with Crippen LogP contribution in [0.1, 0.15) is 27.2 Å². The third-order valence-electron chi connectivity index (χ3n) is 1.54. The van der Waals surface area contributed by atoms with E-state index >= 15 is 0 Å². The Morgan fingerprint density at radius 3 is 2.09 bits per heavy atom. The van der Waals surface area contributed by atoms with Gasteiger partial charge in [-0.2, -0.15) is 0 Å². The van der Waals surface area contributed by atoms with Crippen LogP contribution in [0.2, 0.25) is 0 Å². The van der Waals surface area contributed by atoms with Crippen molar-refractivity contribution >= 4 is 5.71 Å². The molecule has 0 saturated heterocycles. The number of hydrogen-bond donors (Lipinski definition) is 0. The average molecular weight is 149 g/mol. The number of terminal acetylenes is 1. The Bertz CT molecular complexity index is 222. The zero-order chi connectivity index (χ0) is 8.85. The highest BCUT2D eigenvalue weighted by molar-refractivity contribution is 6.04. The molecule has 0 aromatic rings. The summed E-state index contributed by atoms with van der Waals surface area (Å²) in [5, 5.41) is 0. The lowest BCUT2D eigenvalue weighted by Crippen LogP contribution is -2.00. The molecule has 0 aliphatic carbocycles. The second kappa shape index (κ2) is 4.73. The number of nitrogens with zero attached hydrogens (tertiary/aromatic N) is 1. The van der Waals surface area contributed by atoms with E-state index in [4.69, 9.17) is 6.42 Å². The van der Waals surface area contributed by atoms with Gasteiger partial charge in [0, 0.05) is 18.3 Å². The Morgan fingerprint density at radius 1 is 1.45 bits per heavy atom. The van der Waals surface area contributed by atoms with Crippen LogP contribution in [0, 0.1) is 12.3 Å². The smallest absolute Gasteiger partial charge is 0.0497 e. The molecular weight excluding hydrogens is 134 g/mol. The van der Waals surface area contributed by atoms with E-state index < -0.39 is 0 Å². The molecule has 0 heterocycles. The summed E-state index contributed by atoms with van der Waals surface area (Å²) in [6.07, 6.45) is 6.24. The van der Waals surface area contributed by atoms with Crippen molar-refractivity contribution < 1.29 is 0 Å². The molecule has 0 aromatic carbocycles. The van der Waals surface area contributed by atoms with Gasteiger partial charge in [-0.05, 0) is 20.3 Å². The highest BCUT2D eigenvalue weighted by Gasteiger charge is 2.01. The first-order valence-electron chi connectivity index (χ1n) is 3.77. The normalized spacial score (nSPS) is 10.6. The number of allylic oxidation sites excluding steroid dienone is 2. The van der Waals surface area contributed by atoms with Gasteiger partial charge in [-0.25, -0.2) is 0 Å². The second-order valence-electron chi connectivity index (χ2n) is 2.54. The lowest BCUT2D eigenvalue weighted by atomic mass is 10.0. The minimum absolute atomic E-state index is 0.904. The Kier molecular flexibility index (Phi) is 4.29. The van der Waals surface area contributed by atoms with Crippen LogP contribution in [0.3, 0.4) is 0 Å². The highest BCUT2D eigenvalue weighted by Crippen LogP contribution is 2.06. The van der Waals surface area contributed by atoms with Crippen LogP contribution >= 0.6 is 0 Å². The lowest BCUT2D eigenvalue weighted by Gasteiger charge is -2.03. The summed E-state index contributed by atoms with van der Waals surface area (Å²) in [6, 6.07) is 0. The quantitative estimate of drug-likeness (QED) is 0.422. The van der Waals surface area contributed by atoms with Crippen molar-refractivity contribution in [2.45, 2.75) is 27.2 Å². The molecule has 60 valence electrons. The van der Waals surface area contributed by atoms with Gasteiger partial charge in [-0.1, -0.05) is 18.4 Å². The molecule has 0 aromatic heterocycles. The van der Waals surface area contributed by atoms with Crippen molar-refractivity contribution in [1.82, 2.24) is 0 Å². The van der Waals surface area contributed by atoms with E-state index in [0.29, 0.717) is 0 Å². The van der Waals surface area contributed by atoms with Crippen molar-refractivity contribution in [2.24, 2.45) is 4.99 Å². The summed E-state index contributed by atoms with van der Waals surface area (Å²) >= 11 is 0. The third-order valence-corrected chi connectivity index (χ3v) is 1.54. The fourth-order valence-corrected chi connectivity index (χ4v) is 0.963. The van der Waals surface area contributed by atoms with E-state index in [1.165, 1.54) is 0 Å². The lowest BCUT2D eigenvalue weighted by molar-refractivity contribution is 1.23. The van der Waals surface area contributed by atoms with Crippen LogP contribution in [-0.2, 0) is 0 Å². The molecule has 0 radical (unpaired) electrons.